The number of benzene rings is 2. The van der Waals surface area contributed by atoms with Gasteiger partial charge in [0, 0.05) is 42.8 Å². The first kappa shape index (κ1) is 19.7. The summed E-state index contributed by atoms with van der Waals surface area (Å²) in [6.07, 6.45) is 7.86. The van der Waals surface area contributed by atoms with Crippen LogP contribution in [0.15, 0.2) is 72.1 Å². The Bertz CT molecular complexity index is 939. The van der Waals surface area contributed by atoms with Gasteiger partial charge < -0.3 is 5.32 Å². The van der Waals surface area contributed by atoms with Gasteiger partial charge in [-0.2, -0.15) is 0 Å². The minimum atomic E-state index is -0.00108. The summed E-state index contributed by atoms with van der Waals surface area (Å²) in [4.78, 5) is 19.5. The van der Waals surface area contributed by atoms with E-state index in [1.54, 1.807) is 18.0 Å². The minimum absolute atomic E-state index is 0.00108. The molecule has 0 spiro atoms. The number of rotatable bonds is 6. The number of hydrogen-bond donors (Lipinski definition) is 1. The Kier molecular flexibility index (Phi) is 6.32. The van der Waals surface area contributed by atoms with Crippen molar-refractivity contribution >= 4 is 17.7 Å². The van der Waals surface area contributed by atoms with Gasteiger partial charge in [0.25, 0.3) is 5.91 Å². The zero-order chi connectivity index (χ0) is 20.1. The van der Waals surface area contributed by atoms with Crippen molar-refractivity contribution < 1.29 is 4.79 Å². The number of aromatic nitrogens is 2. The van der Waals surface area contributed by atoms with Gasteiger partial charge >= 0.3 is 0 Å². The van der Waals surface area contributed by atoms with Crippen molar-refractivity contribution in [1.82, 2.24) is 19.8 Å². The molecule has 1 atom stereocenters. The first-order valence-corrected chi connectivity index (χ1v) is 11.2. The molecule has 1 unspecified atom stereocenters. The van der Waals surface area contributed by atoms with Crippen molar-refractivity contribution in [3.05, 3.63) is 78.1 Å². The number of thioether (sulfide) groups is 1. The van der Waals surface area contributed by atoms with Crippen molar-refractivity contribution in [3.63, 3.8) is 0 Å². The monoisotopic (exact) mass is 406 g/mol. The Morgan fingerprint density at radius 2 is 1.97 bits per heavy atom. The number of nitrogens with one attached hydrogen (secondary N) is 1. The van der Waals surface area contributed by atoms with Crippen molar-refractivity contribution in [2.24, 2.45) is 0 Å². The van der Waals surface area contributed by atoms with E-state index in [1.807, 2.05) is 47.4 Å². The smallest absolute Gasteiger partial charge is 0.251 e. The first-order chi connectivity index (χ1) is 14.2. The maximum atomic E-state index is 12.7. The van der Waals surface area contributed by atoms with Crippen LogP contribution >= 0.6 is 11.8 Å². The molecule has 5 nitrogen and oxygen atoms in total. The molecule has 2 aromatic carbocycles. The molecule has 4 rings (SSSR count). The molecule has 0 saturated carbocycles. The van der Waals surface area contributed by atoms with E-state index in [4.69, 9.17) is 0 Å². The van der Waals surface area contributed by atoms with Crippen LogP contribution in [0.25, 0.3) is 5.69 Å². The second kappa shape index (κ2) is 9.29. The average Bonchev–Trinajstić information content (AvgIpc) is 3.24. The molecule has 0 aliphatic carbocycles. The van der Waals surface area contributed by atoms with Crippen LogP contribution in [0.4, 0.5) is 0 Å². The fourth-order valence-electron chi connectivity index (χ4n) is 3.84. The minimum Gasteiger partial charge on any atom is -0.348 e. The van der Waals surface area contributed by atoms with E-state index in [0.29, 0.717) is 5.56 Å². The van der Waals surface area contributed by atoms with E-state index in [1.165, 1.54) is 5.56 Å². The van der Waals surface area contributed by atoms with Crippen LogP contribution in [-0.4, -0.2) is 45.7 Å². The Balaban J connectivity index is 1.36. The number of hydrogen-bond acceptors (Lipinski definition) is 4. The predicted octanol–water partition coefficient (Wildman–Crippen LogP) is 3.99. The highest BCUT2D eigenvalue weighted by Gasteiger charge is 2.22. The van der Waals surface area contributed by atoms with Gasteiger partial charge in [0.2, 0.25) is 0 Å². The van der Waals surface area contributed by atoms with E-state index < -0.39 is 0 Å². The van der Waals surface area contributed by atoms with Gasteiger partial charge in [0.1, 0.15) is 0 Å². The third-order valence-electron chi connectivity index (χ3n) is 5.29. The van der Waals surface area contributed by atoms with E-state index in [9.17, 15) is 4.79 Å². The topological polar surface area (TPSA) is 50.2 Å². The van der Waals surface area contributed by atoms with E-state index in [2.05, 4.69) is 39.5 Å². The predicted molar refractivity (Wildman–Crippen MR) is 118 cm³/mol. The highest BCUT2D eigenvalue weighted by molar-refractivity contribution is 7.98. The molecule has 1 aliphatic heterocycles. The Morgan fingerprint density at radius 1 is 1.17 bits per heavy atom. The quantitative estimate of drug-likeness (QED) is 0.629. The maximum Gasteiger partial charge on any atom is 0.251 e. The maximum absolute atomic E-state index is 12.7. The van der Waals surface area contributed by atoms with Crippen molar-refractivity contribution in [3.8, 4) is 5.69 Å². The summed E-state index contributed by atoms with van der Waals surface area (Å²) in [7, 11) is 0. The highest BCUT2D eigenvalue weighted by Crippen LogP contribution is 2.19. The number of carbonyl (C=O) groups is 1. The molecule has 0 bridgehead atoms. The number of imidazole rings is 1. The molecule has 2 heterocycles. The average molecular weight is 407 g/mol. The Labute approximate surface area is 176 Å². The second-order valence-corrected chi connectivity index (χ2v) is 8.14. The second-order valence-electron chi connectivity index (χ2n) is 7.36. The molecular weight excluding hydrogens is 380 g/mol. The molecule has 0 radical (unpaired) electrons. The summed E-state index contributed by atoms with van der Waals surface area (Å²) < 4.78 is 2.02. The molecule has 1 aliphatic rings. The molecule has 1 N–H and O–H groups in total. The van der Waals surface area contributed by atoms with Crippen molar-refractivity contribution in [2.45, 2.75) is 30.6 Å². The summed E-state index contributed by atoms with van der Waals surface area (Å²) in [6.45, 7) is 2.91. The first-order valence-electron chi connectivity index (χ1n) is 9.98. The number of piperidine rings is 1. The summed E-state index contributed by atoms with van der Waals surface area (Å²) in [5.41, 5.74) is 3.02. The summed E-state index contributed by atoms with van der Waals surface area (Å²) in [5.74, 6) is -0.00108. The summed E-state index contributed by atoms with van der Waals surface area (Å²) in [6, 6.07) is 18.4. The van der Waals surface area contributed by atoms with Gasteiger partial charge in [0.05, 0.1) is 0 Å². The van der Waals surface area contributed by atoms with Crippen LogP contribution in [0.2, 0.25) is 0 Å². The van der Waals surface area contributed by atoms with Crippen molar-refractivity contribution in [1.29, 1.82) is 0 Å². The number of carbonyl (C=O) groups excluding carboxylic acids is 1. The third kappa shape index (κ3) is 4.89. The van der Waals surface area contributed by atoms with Gasteiger partial charge in [-0.25, -0.2) is 4.98 Å². The zero-order valence-electron chi connectivity index (χ0n) is 16.6. The lowest BCUT2D eigenvalue weighted by Crippen LogP contribution is -2.47. The molecule has 1 aromatic heterocycles. The van der Waals surface area contributed by atoms with E-state index in [-0.39, 0.29) is 11.9 Å². The Morgan fingerprint density at radius 3 is 2.72 bits per heavy atom. The van der Waals surface area contributed by atoms with Crippen LogP contribution in [-0.2, 0) is 6.54 Å². The van der Waals surface area contributed by atoms with Crippen LogP contribution in [0.3, 0.4) is 0 Å². The zero-order valence-corrected chi connectivity index (χ0v) is 17.4. The Hall–Kier alpha value is -2.57. The normalized spacial score (nSPS) is 17.2. The lowest BCUT2D eigenvalue weighted by Gasteiger charge is -2.33. The van der Waals surface area contributed by atoms with Crippen LogP contribution in [0, 0.1) is 0 Å². The molecule has 1 saturated heterocycles. The number of likely N-dealkylation sites (tertiary alicyclic amines) is 1. The lowest BCUT2D eigenvalue weighted by molar-refractivity contribution is 0.0901. The van der Waals surface area contributed by atoms with Crippen LogP contribution < -0.4 is 5.32 Å². The summed E-state index contributed by atoms with van der Waals surface area (Å²) >= 11 is 1.60. The van der Waals surface area contributed by atoms with Crippen LogP contribution in [0.5, 0.6) is 0 Å². The molecule has 6 heteroatoms. The van der Waals surface area contributed by atoms with Gasteiger partial charge in [-0.05, 0) is 55.5 Å². The molecule has 29 heavy (non-hydrogen) atoms. The number of amides is 1. The fourth-order valence-corrected chi connectivity index (χ4v) is 4.37. The van der Waals surface area contributed by atoms with Gasteiger partial charge in [-0.1, -0.05) is 42.1 Å². The molecular formula is C23H26N4OS. The molecule has 3 aromatic rings. The molecule has 1 amide bonds. The standard InChI is InChI=1S/C23H26N4OS/c1-29-23-24-13-15-27(23)21-11-9-19(10-12-21)22(28)25-20-8-5-14-26(17-20)16-18-6-3-2-4-7-18/h2-4,6-7,9-13,15,20H,5,8,14,16-17H2,1H3,(H,25,28). The number of nitrogens with zero attached hydrogens (tertiary/aromatic N) is 3. The van der Waals surface area contributed by atoms with Gasteiger partial charge in [-0.15, -0.1) is 0 Å². The van der Waals surface area contributed by atoms with Crippen molar-refractivity contribution in [2.75, 3.05) is 19.3 Å². The van der Waals surface area contributed by atoms with Crippen LogP contribution in [0.1, 0.15) is 28.8 Å². The summed E-state index contributed by atoms with van der Waals surface area (Å²) in [5, 5.41) is 4.16. The fraction of sp³-hybridized carbons (Fsp3) is 0.304. The van der Waals surface area contributed by atoms with Gasteiger partial charge in [0.15, 0.2) is 5.16 Å². The highest BCUT2D eigenvalue weighted by atomic mass is 32.2. The van der Waals surface area contributed by atoms with E-state index in [0.717, 1.165) is 43.3 Å². The molecule has 150 valence electrons. The van der Waals surface area contributed by atoms with E-state index >= 15 is 0 Å². The third-order valence-corrected chi connectivity index (χ3v) is 5.95. The largest absolute Gasteiger partial charge is 0.348 e. The molecule has 1 fully saturated rings. The van der Waals surface area contributed by atoms with Gasteiger partial charge in [-0.3, -0.25) is 14.3 Å². The lowest BCUT2D eigenvalue weighted by atomic mass is 10.0. The SMILES string of the molecule is CSc1nccn1-c1ccc(C(=O)NC2CCCN(Cc3ccccc3)C2)cc1.